The van der Waals surface area contributed by atoms with Crippen LogP contribution in [0, 0.1) is 6.92 Å². The van der Waals surface area contributed by atoms with Crippen molar-refractivity contribution in [3.05, 3.63) is 64.4 Å². The molecule has 1 aromatic carbocycles. The molecule has 0 bridgehead atoms. The number of rotatable bonds is 5. The number of carbonyl (C=O) groups is 1. The predicted octanol–water partition coefficient (Wildman–Crippen LogP) is 2.90. The fourth-order valence-electron chi connectivity index (χ4n) is 3.36. The summed E-state index contributed by atoms with van der Waals surface area (Å²) in [5.74, 6) is 1.01. The number of nitrogens with zero attached hydrogens (tertiary/aromatic N) is 4. The van der Waals surface area contributed by atoms with E-state index in [1.807, 2.05) is 35.2 Å². The Labute approximate surface area is 177 Å². The molecule has 1 aromatic heterocycles. The smallest absolute Gasteiger partial charge is 0.227 e. The molecular formula is C22H28ClN5O. The van der Waals surface area contributed by atoms with E-state index in [9.17, 15) is 4.79 Å². The second-order valence-corrected chi connectivity index (χ2v) is 7.55. The molecule has 6 nitrogen and oxygen atoms in total. The minimum atomic E-state index is 0.137. The molecule has 1 amide bonds. The summed E-state index contributed by atoms with van der Waals surface area (Å²) in [6.07, 6.45) is 2.18. The maximum Gasteiger partial charge on any atom is 0.227 e. The normalized spacial score (nSPS) is 14.8. The van der Waals surface area contributed by atoms with Gasteiger partial charge in [-0.1, -0.05) is 29.8 Å². The molecule has 0 atom stereocenters. The highest BCUT2D eigenvalue weighted by molar-refractivity contribution is 6.30. The molecule has 1 fully saturated rings. The van der Waals surface area contributed by atoms with Crippen LogP contribution in [-0.4, -0.2) is 59.4 Å². The molecular weight excluding hydrogens is 386 g/mol. The Morgan fingerprint density at radius 1 is 1.17 bits per heavy atom. The van der Waals surface area contributed by atoms with Crippen LogP contribution in [0.5, 0.6) is 0 Å². The average molecular weight is 414 g/mol. The minimum absolute atomic E-state index is 0.137. The van der Waals surface area contributed by atoms with Gasteiger partial charge in [-0.2, -0.15) is 0 Å². The van der Waals surface area contributed by atoms with Crippen molar-refractivity contribution in [1.29, 1.82) is 0 Å². The van der Waals surface area contributed by atoms with Crippen molar-refractivity contribution >= 4 is 23.5 Å². The van der Waals surface area contributed by atoms with Crippen LogP contribution in [0.1, 0.15) is 23.7 Å². The van der Waals surface area contributed by atoms with Gasteiger partial charge in [-0.05, 0) is 43.2 Å². The van der Waals surface area contributed by atoms with Crippen LogP contribution >= 0.6 is 11.6 Å². The molecule has 1 N–H and O–H groups in total. The number of aromatic nitrogens is 1. The van der Waals surface area contributed by atoms with E-state index in [1.165, 1.54) is 0 Å². The van der Waals surface area contributed by atoms with Crippen molar-refractivity contribution in [3.63, 3.8) is 0 Å². The van der Waals surface area contributed by atoms with Crippen LogP contribution in [-0.2, 0) is 17.8 Å². The number of nitrogens with one attached hydrogen (secondary N) is 1. The number of amides is 1. The largest absolute Gasteiger partial charge is 0.357 e. The topological polar surface area (TPSA) is 60.8 Å². The molecule has 29 heavy (non-hydrogen) atoms. The molecule has 2 aromatic rings. The predicted molar refractivity (Wildman–Crippen MR) is 117 cm³/mol. The number of piperazine rings is 1. The Kier molecular flexibility index (Phi) is 7.47. The molecule has 154 valence electrons. The maximum absolute atomic E-state index is 12.6. The fourth-order valence-corrected chi connectivity index (χ4v) is 3.57. The van der Waals surface area contributed by atoms with Crippen LogP contribution in [0.15, 0.2) is 47.6 Å². The first-order chi connectivity index (χ1) is 14.1. The summed E-state index contributed by atoms with van der Waals surface area (Å²) in [6, 6.07) is 11.5. The standard InChI is InChI=1S/C22H28ClN5O/c1-3-24-22(26-16-20-17(2)6-5-9-25-20)28-12-10-27(11-13-28)21(29)15-18-7-4-8-19(23)14-18/h4-9,14H,3,10-13,15-16H2,1-2H3,(H,24,26). The molecule has 1 saturated heterocycles. The summed E-state index contributed by atoms with van der Waals surface area (Å²) < 4.78 is 0. The van der Waals surface area contributed by atoms with Crippen LogP contribution in [0.3, 0.4) is 0 Å². The van der Waals surface area contributed by atoms with Gasteiger partial charge in [0.05, 0.1) is 18.7 Å². The molecule has 0 spiro atoms. The van der Waals surface area contributed by atoms with Gasteiger partial charge >= 0.3 is 0 Å². The lowest BCUT2D eigenvalue weighted by molar-refractivity contribution is -0.131. The number of hydrogen-bond donors (Lipinski definition) is 1. The van der Waals surface area contributed by atoms with E-state index < -0.39 is 0 Å². The molecule has 3 rings (SSSR count). The molecule has 0 aliphatic carbocycles. The fraction of sp³-hybridized carbons (Fsp3) is 0.409. The van der Waals surface area contributed by atoms with Crippen molar-refractivity contribution in [1.82, 2.24) is 20.1 Å². The van der Waals surface area contributed by atoms with E-state index in [4.69, 9.17) is 16.6 Å². The van der Waals surface area contributed by atoms with Crippen LogP contribution in [0.25, 0.3) is 0 Å². The summed E-state index contributed by atoms with van der Waals surface area (Å²) in [5.41, 5.74) is 3.08. The van der Waals surface area contributed by atoms with E-state index in [2.05, 4.69) is 35.1 Å². The lowest BCUT2D eigenvalue weighted by atomic mass is 10.1. The molecule has 0 saturated carbocycles. The Balaban J connectivity index is 1.57. The van der Waals surface area contributed by atoms with Gasteiger partial charge in [0.1, 0.15) is 0 Å². The first-order valence-corrected chi connectivity index (χ1v) is 10.4. The highest BCUT2D eigenvalue weighted by atomic mass is 35.5. The van der Waals surface area contributed by atoms with Gasteiger partial charge in [0, 0.05) is 43.9 Å². The number of pyridine rings is 1. The van der Waals surface area contributed by atoms with Gasteiger partial charge in [-0.15, -0.1) is 0 Å². The highest BCUT2D eigenvalue weighted by Crippen LogP contribution is 2.13. The molecule has 0 radical (unpaired) electrons. The minimum Gasteiger partial charge on any atom is -0.357 e. The number of benzene rings is 1. The van der Waals surface area contributed by atoms with Gasteiger partial charge in [-0.3, -0.25) is 9.78 Å². The summed E-state index contributed by atoms with van der Waals surface area (Å²) in [4.78, 5) is 26.0. The van der Waals surface area contributed by atoms with E-state index in [1.54, 1.807) is 6.20 Å². The Bertz CT molecular complexity index is 862. The summed E-state index contributed by atoms with van der Waals surface area (Å²) in [7, 11) is 0. The number of halogens is 1. The second kappa shape index (κ2) is 10.3. The van der Waals surface area contributed by atoms with Crippen LogP contribution in [0.4, 0.5) is 0 Å². The third-order valence-corrected chi connectivity index (χ3v) is 5.24. The maximum atomic E-state index is 12.6. The van der Waals surface area contributed by atoms with Crippen LogP contribution < -0.4 is 5.32 Å². The molecule has 1 aliphatic heterocycles. The van der Waals surface area contributed by atoms with Crippen LogP contribution in [0.2, 0.25) is 5.02 Å². The van der Waals surface area contributed by atoms with Crippen molar-refractivity contribution in [2.45, 2.75) is 26.8 Å². The lowest BCUT2D eigenvalue weighted by Gasteiger charge is -2.36. The first kappa shape index (κ1) is 21.1. The number of aliphatic imine (C=N–C) groups is 1. The van der Waals surface area contributed by atoms with Gasteiger partial charge in [0.25, 0.3) is 0 Å². The monoisotopic (exact) mass is 413 g/mol. The highest BCUT2D eigenvalue weighted by Gasteiger charge is 2.23. The van der Waals surface area contributed by atoms with Crippen molar-refractivity contribution < 1.29 is 4.79 Å². The third kappa shape index (κ3) is 5.94. The van der Waals surface area contributed by atoms with Crippen molar-refractivity contribution in [3.8, 4) is 0 Å². The van der Waals surface area contributed by atoms with Crippen molar-refractivity contribution in [2.75, 3.05) is 32.7 Å². The quantitative estimate of drug-likeness (QED) is 0.604. The Morgan fingerprint density at radius 2 is 1.93 bits per heavy atom. The summed E-state index contributed by atoms with van der Waals surface area (Å²) >= 11 is 6.03. The van der Waals surface area contributed by atoms with E-state index in [-0.39, 0.29) is 5.91 Å². The molecule has 0 unspecified atom stereocenters. The van der Waals surface area contributed by atoms with Gasteiger partial charge in [0.2, 0.25) is 5.91 Å². The number of aryl methyl sites for hydroxylation is 1. The van der Waals surface area contributed by atoms with E-state index in [0.717, 1.165) is 42.4 Å². The lowest BCUT2D eigenvalue weighted by Crippen LogP contribution is -2.54. The van der Waals surface area contributed by atoms with Gasteiger partial charge in [0.15, 0.2) is 5.96 Å². The number of guanidine groups is 1. The number of hydrogen-bond acceptors (Lipinski definition) is 3. The zero-order valence-corrected chi connectivity index (χ0v) is 17.8. The van der Waals surface area contributed by atoms with Crippen molar-refractivity contribution in [2.24, 2.45) is 4.99 Å². The molecule has 2 heterocycles. The zero-order valence-electron chi connectivity index (χ0n) is 17.1. The SMILES string of the molecule is CCNC(=NCc1ncccc1C)N1CCN(C(=O)Cc2cccc(Cl)c2)CC1. The molecule has 1 aliphatic rings. The molecule has 7 heteroatoms. The van der Waals surface area contributed by atoms with Gasteiger partial charge in [-0.25, -0.2) is 4.99 Å². The Morgan fingerprint density at radius 3 is 2.62 bits per heavy atom. The Hall–Kier alpha value is -2.60. The summed E-state index contributed by atoms with van der Waals surface area (Å²) in [6.45, 7) is 8.35. The van der Waals surface area contributed by atoms with Gasteiger partial charge < -0.3 is 15.1 Å². The average Bonchev–Trinajstić information content (AvgIpc) is 2.72. The van der Waals surface area contributed by atoms with E-state index in [0.29, 0.717) is 31.1 Å². The third-order valence-electron chi connectivity index (χ3n) is 5.01. The second-order valence-electron chi connectivity index (χ2n) is 7.11. The summed E-state index contributed by atoms with van der Waals surface area (Å²) in [5, 5.41) is 4.02. The van der Waals surface area contributed by atoms with E-state index >= 15 is 0 Å². The first-order valence-electron chi connectivity index (χ1n) is 10.0. The number of carbonyl (C=O) groups excluding carboxylic acids is 1. The zero-order chi connectivity index (χ0) is 20.6.